The van der Waals surface area contributed by atoms with Gasteiger partial charge in [0.15, 0.2) is 6.04 Å². The molecule has 1 aliphatic rings. The Balaban J connectivity index is 2.60. The van der Waals surface area contributed by atoms with Crippen molar-refractivity contribution in [1.29, 1.82) is 0 Å². The highest BCUT2D eigenvalue weighted by molar-refractivity contribution is 5.84. The number of methoxy groups -OCH3 is 1. The average Bonchev–Trinajstić information content (AvgIpc) is 2.34. The molecule has 5 nitrogen and oxygen atoms in total. The second-order valence-electron chi connectivity index (χ2n) is 3.82. The number of carbonyl (C=O) groups is 2. The average molecular weight is 269 g/mol. The highest BCUT2D eigenvalue weighted by Crippen LogP contribution is 2.22. The zero-order valence-electron chi connectivity index (χ0n) is 9.83. The van der Waals surface area contributed by atoms with Gasteiger partial charge in [0.1, 0.15) is 0 Å². The van der Waals surface area contributed by atoms with Crippen molar-refractivity contribution in [2.75, 3.05) is 26.9 Å². The molecule has 1 saturated heterocycles. The summed E-state index contributed by atoms with van der Waals surface area (Å²) >= 11 is 0. The normalized spacial score (nSPS) is 20.7. The van der Waals surface area contributed by atoms with E-state index >= 15 is 0 Å². The van der Waals surface area contributed by atoms with Crippen LogP contribution < -0.4 is 0 Å². The third-order valence-electron chi connectivity index (χ3n) is 2.54. The molecule has 0 bridgehead atoms. The maximum Gasteiger partial charge on any atom is 0.389 e. The number of amides is 1. The predicted octanol–water partition coefficient (Wildman–Crippen LogP) is 0.729. The standard InChI is InChI=1S/C10H14F3NO4/c1-17-9(16)7-6-18-5-4-14(7)8(15)2-3-10(11,12)13/h7H,2-6H2,1H3. The lowest BCUT2D eigenvalue weighted by molar-refractivity contribution is -0.164. The summed E-state index contributed by atoms with van der Waals surface area (Å²) in [5.41, 5.74) is 0. The van der Waals surface area contributed by atoms with Gasteiger partial charge in [0.05, 0.1) is 26.7 Å². The molecule has 1 heterocycles. The zero-order chi connectivity index (χ0) is 13.8. The smallest absolute Gasteiger partial charge is 0.389 e. The van der Waals surface area contributed by atoms with Gasteiger partial charge in [0, 0.05) is 13.0 Å². The van der Waals surface area contributed by atoms with Gasteiger partial charge in [-0.15, -0.1) is 0 Å². The number of nitrogens with zero attached hydrogens (tertiary/aromatic N) is 1. The molecule has 0 aromatic carbocycles. The van der Waals surface area contributed by atoms with Crippen LogP contribution in [-0.2, 0) is 19.1 Å². The maximum atomic E-state index is 12.0. The van der Waals surface area contributed by atoms with Crippen LogP contribution >= 0.6 is 0 Å². The lowest BCUT2D eigenvalue weighted by Crippen LogP contribution is -2.53. The Kier molecular flexibility index (Phi) is 4.94. The molecule has 1 atom stereocenters. The first kappa shape index (κ1) is 14.7. The molecule has 1 fully saturated rings. The van der Waals surface area contributed by atoms with Crippen LogP contribution in [0.2, 0.25) is 0 Å². The van der Waals surface area contributed by atoms with Gasteiger partial charge in [0.2, 0.25) is 5.91 Å². The van der Waals surface area contributed by atoms with Crippen LogP contribution in [0.15, 0.2) is 0 Å². The summed E-state index contributed by atoms with van der Waals surface area (Å²) < 4.78 is 45.5. The van der Waals surface area contributed by atoms with Gasteiger partial charge in [-0.1, -0.05) is 0 Å². The van der Waals surface area contributed by atoms with E-state index in [9.17, 15) is 22.8 Å². The molecule has 0 aromatic heterocycles. The summed E-state index contributed by atoms with van der Waals surface area (Å²) in [6.07, 6.45) is -6.25. The van der Waals surface area contributed by atoms with E-state index in [4.69, 9.17) is 4.74 Å². The van der Waals surface area contributed by atoms with Crippen molar-refractivity contribution in [3.63, 3.8) is 0 Å². The van der Waals surface area contributed by atoms with Crippen molar-refractivity contribution in [2.24, 2.45) is 0 Å². The van der Waals surface area contributed by atoms with Crippen molar-refractivity contribution in [3.8, 4) is 0 Å². The Bertz CT molecular complexity index is 319. The first-order valence-electron chi connectivity index (χ1n) is 5.37. The van der Waals surface area contributed by atoms with Gasteiger partial charge in [-0.25, -0.2) is 4.79 Å². The van der Waals surface area contributed by atoms with Crippen LogP contribution in [-0.4, -0.2) is 55.9 Å². The van der Waals surface area contributed by atoms with E-state index in [1.165, 1.54) is 0 Å². The van der Waals surface area contributed by atoms with Crippen LogP contribution in [0.3, 0.4) is 0 Å². The molecule has 0 saturated carbocycles. The Labute approximate surface area is 102 Å². The predicted molar refractivity (Wildman–Crippen MR) is 53.6 cm³/mol. The highest BCUT2D eigenvalue weighted by atomic mass is 19.4. The minimum Gasteiger partial charge on any atom is -0.467 e. The quantitative estimate of drug-likeness (QED) is 0.709. The highest BCUT2D eigenvalue weighted by Gasteiger charge is 2.35. The van der Waals surface area contributed by atoms with Crippen molar-refractivity contribution >= 4 is 11.9 Å². The molecule has 104 valence electrons. The molecule has 18 heavy (non-hydrogen) atoms. The summed E-state index contributed by atoms with van der Waals surface area (Å²) in [5.74, 6) is -1.40. The van der Waals surface area contributed by atoms with Crippen molar-refractivity contribution in [2.45, 2.75) is 25.1 Å². The van der Waals surface area contributed by atoms with Crippen LogP contribution in [0.25, 0.3) is 0 Å². The topological polar surface area (TPSA) is 55.8 Å². The molecule has 0 spiro atoms. The van der Waals surface area contributed by atoms with Crippen LogP contribution in [0.5, 0.6) is 0 Å². The molecule has 0 aliphatic carbocycles. The fourth-order valence-corrected chi connectivity index (χ4v) is 1.63. The SMILES string of the molecule is COC(=O)C1COCCN1C(=O)CCC(F)(F)F. The molecule has 0 aromatic rings. The lowest BCUT2D eigenvalue weighted by Gasteiger charge is -2.33. The third kappa shape index (κ3) is 4.17. The number of morpholine rings is 1. The lowest BCUT2D eigenvalue weighted by atomic mass is 10.2. The Morgan fingerprint density at radius 1 is 1.44 bits per heavy atom. The fourth-order valence-electron chi connectivity index (χ4n) is 1.63. The largest absolute Gasteiger partial charge is 0.467 e. The number of alkyl halides is 3. The van der Waals surface area contributed by atoms with E-state index in [1.54, 1.807) is 0 Å². The minimum atomic E-state index is -4.39. The minimum absolute atomic E-state index is 0.0512. The molecule has 1 aliphatic heterocycles. The van der Waals surface area contributed by atoms with Crippen molar-refractivity contribution < 1.29 is 32.2 Å². The van der Waals surface area contributed by atoms with E-state index in [-0.39, 0.29) is 19.8 Å². The number of hydrogen-bond acceptors (Lipinski definition) is 4. The molecule has 8 heteroatoms. The van der Waals surface area contributed by atoms with Gasteiger partial charge in [-0.05, 0) is 0 Å². The number of carbonyl (C=O) groups excluding carboxylic acids is 2. The third-order valence-corrected chi connectivity index (χ3v) is 2.54. The molecular weight excluding hydrogens is 255 g/mol. The molecular formula is C10H14F3NO4. The monoisotopic (exact) mass is 269 g/mol. The number of halogens is 3. The van der Waals surface area contributed by atoms with Crippen LogP contribution in [0.1, 0.15) is 12.8 Å². The molecule has 1 amide bonds. The Morgan fingerprint density at radius 2 is 2.11 bits per heavy atom. The summed E-state index contributed by atoms with van der Waals surface area (Å²) in [6, 6.07) is -0.954. The van der Waals surface area contributed by atoms with Gasteiger partial charge in [0.25, 0.3) is 0 Å². The Hall–Kier alpha value is -1.31. The second kappa shape index (κ2) is 6.03. The van der Waals surface area contributed by atoms with Crippen molar-refractivity contribution in [1.82, 2.24) is 4.90 Å². The van der Waals surface area contributed by atoms with E-state index in [1.807, 2.05) is 0 Å². The first-order chi connectivity index (χ1) is 8.35. The summed E-state index contributed by atoms with van der Waals surface area (Å²) in [7, 11) is 1.15. The number of ether oxygens (including phenoxy) is 2. The number of rotatable bonds is 3. The van der Waals surface area contributed by atoms with E-state index in [0.717, 1.165) is 12.0 Å². The summed E-state index contributed by atoms with van der Waals surface area (Å²) in [4.78, 5) is 24.1. The Morgan fingerprint density at radius 3 is 2.67 bits per heavy atom. The van der Waals surface area contributed by atoms with Crippen molar-refractivity contribution in [3.05, 3.63) is 0 Å². The van der Waals surface area contributed by atoms with Gasteiger partial charge < -0.3 is 14.4 Å². The van der Waals surface area contributed by atoms with Gasteiger partial charge in [-0.2, -0.15) is 13.2 Å². The fraction of sp³-hybridized carbons (Fsp3) is 0.800. The van der Waals surface area contributed by atoms with Gasteiger partial charge >= 0.3 is 12.1 Å². The van der Waals surface area contributed by atoms with Gasteiger partial charge in [-0.3, -0.25) is 4.79 Å². The maximum absolute atomic E-state index is 12.0. The second-order valence-corrected chi connectivity index (χ2v) is 3.82. The van der Waals surface area contributed by atoms with E-state index in [0.29, 0.717) is 0 Å². The molecule has 1 rings (SSSR count). The van der Waals surface area contributed by atoms with E-state index in [2.05, 4.69) is 4.74 Å². The van der Waals surface area contributed by atoms with Crippen LogP contribution in [0, 0.1) is 0 Å². The zero-order valence-corrected chi connectivity index (χ0v) is 9.83. The summed E-state index contributed by atoms with van der Waals surface area (Å²) in [5, 5.41) is 0. The molecule has 0 N–H and O–H groups in total. The molecule has 1 unspecified atom stereocenters. The number of hydrogen-bond donors (Lipinski definition) is 0. The van der Waals surface area contributed by atoms with Crippen LogP contribution in [0.4, 0.5) is 13.2 Å². The number of esters is 1. The molecule has 0 radical (unpaired) electrons. The first-order valence-corrected chi connectivity index (χ1v) is 5.37. The summed E-state index contributed by atoms with van der Waals surface area (Å²) in [6.45, 7) is 0.242. The van der Waals surface area contributed by atoms with E-state index < -0.39 is 36.9 Å².